The van der Waals surface area contributed by atoms with Crippen molar-refractivity contribution < 1.29 is 17.9 Å². The Labute approximate surface area is 186 Å². The number of rotatable bonds is 5. The van der Waals surface area contributed by atoms with Gasteiger partial charge in [0.1, 0.15) is 29.1 Å². The Morgan fingerprint density at radius 3 is 2.45 bits per heavy atom. The number of hydrogen-bond acceptors (Lipinski definition) is 7. The number of hydrogen-bond donors (Lipinski definition) is 2. The van der Waals surface area contributed by atoms with Crippen molar-refractivity contribution in [1.29, 1.82) is 5.26 Å². The molecule has 10 heteroatoms. The lowest BCUT2D eigenvalue weighted by atomic mass is 10.1. The van der Waals surface area contributed by atoms with Gasteiger partial charge in [0.15, 0.2) is 0 Å². The topological polar surface area (TPSA) is 110 Å². The molecule has 4 rings (SSSR count). The van der Waals surface area contributed by atoms with Gasteiger partial charge in [-0.05, 0) is 42.5 Å². The van der Waals surface area contributed by atoms with Gasteiger partial charge in [-0.1, -0.05) is 12.1 Å². The summed E-state index contributed by atoms with van der Waals surface area (Å²) in [7, 11) is 0. The number of anilines is 3. The van der Waals surface area contributed by atoms with Crippen LogP contribution in [-0.2, 0) is 6.18 Å². The lowest BCUT2D eigenvalue weighted by Gasteiger charge is -2.11. The van der Waals surface area contributed by atoms with Gasteiger partial charge in [0.2, 0.25) is 5.95 Å². The Bertz CT molecular complexity index is 1330. The van der Waals surface area contributed by atoms with Gasteiger partial charge in [0.05, 0.1) is 11.3 Å². The van der Waals surface area contributed by atoms with Crippen LogP contribution in [0, 0.1) is 11.3 Å². The van der Waals surface area contributed by atoms with E-state index >= 15 is 0 Å². The zero-order valence-corrected chi connectivity index (χ0v) is 16.8. The average molecular weight is 448 g/mol. The summed E-state index contributed by atoms with van der Waals surface area (Å²) >= 11 is 0. The molecule has 0 bridgehead atoms. The summed E-state index contributed by atoms with van der Waals surface area (Å²) in [4.78, 5) is 12.0. The second kappa shape index (κ2) is 8.84. The number of alkyl halides is 3. The van der Waals surface area contributed by atoms with E-state index < -0.39 is 11.7 Å². The predicted octanol–water partition coefficient (Wildman–Crippen LogP) is 5.55. The molecule has 33 heavy (non-hydrogen) atoms. The molecule has 164 valence electrons. The van der Waals surface area contributed by atoms with Gasteiger partial charge in [-0.2, -0.15) is 23.4 Å². The van der Waals surface area contributed by atoms with Crippen molar-refractivity contribution in [1.82, 2.24) is 15.0 Å². The molecule has 0 saturated heterocycles. The highest BCUT2D eigenvalue weighted by molar-refractivity contribution is 5.68. The second-order valence-electron chi connectivity index (χ2n) is 6.82. The summed E-state index contributed by atoms with van der Waals surface area (Å²) in [5, 5.41) is 12.0. The van der Waals surface area contributed by atoms with Crippen LogP contribution in [0.15, 0.2) is 72.9 Å². The zero-order chi connectivity index (χ0) is 23.4. The number of aromatic nitrogens is 3. The zero-order valence-electron chi connectivity index (χ0n) is 16.8. The molecule has 0 aliphatic heterocycles. The number of pyridine rings is 1. The van der Waals surface area contributed by atoms with Crippen LogP contribution in [0.3, 0.4) is 0 Å². The average Bonchev–Trinajstić information content (AvgIpc) is 2.80. The van der Waals surface area contributed by atoms with Gasteiger partial charge >= 0.3 is 6.18 Å². The van der Waals surface area contributed by atoms with Gasteiger partial charge in [-0.3, -0.25) is 0 Å². The fraction of sp³-hybridized carbons (Fsp3) is 0.0435. The molecule has 0 aliphatic rings. The molecule has 2 aromatic carbocycles. The molecule has 7 nitrogen and oxygen atoms in total. The Balaban J connectivity index is 1.53. The normalized spacial score (nSPS) is 11.0. The number of nitriles is 1. The third-order valence-corrected chi connectivity index (χ3v) is 4.44. The summed E-state index contributed by atoms with van der Waals surface area (Å²) < 4.78 is 44.8. The minimum absolute atomic E-state index is 0.0849. The summed E-state index contributed by atoms with van der Waals surface area (Å²) in [6.07, 6.45) is -2.99. The first-order valence-corrected chi connectivity index (χ1v) is 9.53. The van der Waals surface area contributed by atoms with Crippen molar-refractivity contribution in [2.24, 2.45) is 0 Å². The van der Waals surface area contributed by atoms with E-state index in [9.17, 15) is 13.2 Å². The van der Waals surface area contributed by atoms with E-state index in [-0.39, 0.29) is 22.9 Å². The quantitative estimate of drug-likeness (QED) is 0.412. The van der Waals surface area contributed by atoms with Crippen LogP contribution in [0.4, 0.5) is 30.6 Å². The van der Waals surface area contributed by atoms with E-state index in [0.717, 1.165) is 12.1 Å². The van der Waals surface area contributed by atoms with Crippen molar-refractivity contribution in [3.63, 3.8) is 0 Å². The summed E-state index contributed by atoms with van der Waals surface area (Å²) in [5.41, 5.74) is 6.39. The minimum Gasteiger partial charge on any atom is -0.457 e. The SMILES string of the molecule is N#Cc1cc(Oc2ccc(Nc3cc(-c4cccc(C(F)(F)F)c4)nc(N)n3)cc2)ccn1. The fourth-order valence-electron chi connectivity index (χ4n) is 2.96. The molecule has 2 heterocycles. The highest BCUT2D eigenvalue weighted by Gasteiger charge is 2.30. The van der Waals surface area contributed by atoms with Crippen LogP contribution in [0.1, 0.15) is 11.3 Å². The van der Waals surface area contributed by atoms with E-state index in [1.165, 1.54) is 30.5 Å². The predicted molar refractivity (Wildman–Crippen MR) is 116 cm³/mol. The molecule has 0 radical (unpaired) electrons. The molecule has 2 aromatic heterocycles. The molecule has 0 saturated carbocycles. The van der Waals surface area contributed by atoms with Crippen molar-refractivity contribution in [3.05, 3.63) is 84.2 Å². The Kier molecular flexibility index (Phi) is 5.78. The largest absolute Gasteiger partial charge is 0.457 e. The standard InChI is InChI=1S/C23H15F3N6O/c24-23(25,26)15-3-1-2-14(10-15)20-12-21(32-22(28)31-20)30-16-4-6-18(7-5-16)33-19-8-9-29-17(11-19)13-27/h1-12H,(H3,28,30,31,32). The van der Waals surface area contributed by atoms with Crippen LogP contribution in [0.2, 0.25) is 0 Å². The van der Waals surface area contributed by atoms with E-state index in [1.54, 1.807) is 30.3 Å². The molecule has 3 N–H and O–H groups in total. The molecule has 0 aliphatic carbocycles. The molecular weight excluding hydrogens is 433 g/mol. The molecule has 0 fully saturated rings. The maximum atomic E-state index is 13.0. The van der Waals surface area contributed by atoms with Crippen molar-refractivity contribution in [2.45, 2.75) is 6.18 Å². The van der Waals surface area contributed by atoms with Gasteiger partial charge in [0.25, 0.3) is 0 Å². The van der Waals surface area contributed by atoms with Crippen molar-refractivity contribution in [2.75, 3.05) is 11.1 Å². The third-order valence-electron chi connectivity index (χ3n) is 4.44. The fourth-order valence-corrected chi connectivity index (χ4v) is 2.96. The number of halogens is 3. The molecule has 4 aromatic rings. The van der Waals surface area contributed by atoms with Crippen LogP contribution in [0.25, 0.3) is 11.3 Å². The van der Waals surface area contributed by atoms with Crippen LogP contribution in [-0.4, -0.2) is 15.0 Å². The minimum atomic E-state index is -4.47. The first-order valence-electron chi connectivity index (χ1n) is 9.53. The van der Waals surface area contributed by atoms with E-state index in [0.29, 0.717) is 23.0 Å². The summed E-state index contributed by atoms with van der Waals surface area (Å²) in [6, 6.07) is 18.3. The molecule has 0 spiro atoms. The Morgan fingerprint density at radius 2 is 1.73 bits per heavy atom. The van der Waals surface area contributed by atoms with Crippen molar-refractivity contribution >= 4 is 17.5 Å². The molecule has 0 atom stereocenters. The highest BCUT2D eigenvalue weighted by Crippen LogP contribution is 2.32. The highest BCUT2D eigenvalue weighted by atomic mass is 19.4. The van der Waals surface area contributed by atoms with Gasteiger partial charge in [-0.25, -0.2) is 9.97 Å². The lowest BCUT2D eigenvalue weighted by Crippen LogP contribution is -2.05. The third kappa shape index (κ3) is 5.34. The van der Waals surface area contributed by atoms with Gasteiger partial charge in [0, 0.05) is 29.6 Å². The maximum Gasteiger partial charge on any atom is 0.416 e. The molecule has 0 unspecified atom stereocenters. The molecule has 0 amide bonds. The van der Waals surface area contributed by atoms with Crippen LogP contribution >= 0.6 is 0 Å². The number of nitrogen functional groups attached to an aromatic ring is 1. The summed E-state index contributed by atoms with van der Waals surface area (Å²) in [6.45, 7) is 0. The van der Waals surface area contributed by atoms with Gasteiger partial charge < -0.3 is 15.8 Å². The maximum absolute atomic E-state index is 13.0. The first-order chi connectivity index (χ1) is 15.8. The second-order valence-corrected chi connectivity index (χ2v) is 6.82. The van der Waals surface area contributed by atoms with E-state index in [2.05, 4.69) is 20.3 Å². The number of nitrogens with two attached hydrogens (primary N) is 1. The van der Waals surface area contributed by atoms with Crippen LogP contribution in [0.5, 0.6) is 11.5 Å². The van der Waals surface area contributed by atoms with Crippen molar-refractivity contribution in [3.8, 4) is 28.8 Å². The molecular formula is C23H15F3N6O. The number of nitrogens with one attached hydrogen (secondary N) is 1. The van der Waals surface area contributed by atoms with E-state index in [4.69, 9.17) is 15.7 Å². The number of ether oxygens (including phenoxy) is 1. The summed E-state index contributed by atoms with van der Waals surface area (Å²) in [5.74, 6) is 1.23. The lowest BCUT2D eigenvalue weighted by molar-refractivity contribution is -0.137. The van der Waals surface area contributed by atoms with E-state index in [1.807, 2.05) is 6.07 Å². The number of nitrogens with zero attached hydrogens (tertiary/aromatic N) is 4. The number of benzene rings is 2. The van der Waals surface area contributed by atoms with Crippen LogP contribution < -0.4 is 15.8 Å². The monoisotopic (exact) mass is 448 g/mol. The van der Waals surface area contributed by atoms with Gasteiger partial charge in [-0.15, -0.1) is 0 Å². The Morgan fingerprint density at radius 1 is 0.939 bits per heavy atom. The first kappa shape index (κ1) is 21.6. The smallest absolute Gasteiger partial charge is 0.416 e. The Hall–Kier alpha value is -4.65.